The van der Waals surface area contributed by atoms with E-state index in [4.69, 9.17) is 5.73 Å². The molecule has 3 nitrogen and oxygen atoms in total. The van der Waals surface area contributed by atoms with Crippen molar-refractivity contribution in [1.82, 2.24) is 5.32 Å². The van der Waals surface area contributed by atoms with E-state index in [1.165, 1.54) is 0 Å². The highest BCUT2D eigenvalue weighted by atomic mass is 16.1. The van der Waals surface area contributed by atoms with E-state index >= 15 is 0 Å². The predicted octanol–water partition coefficient (Wildman–Crippen LogP) is 2.69. The summed E-state index contributed by atoms with van der Waals surface area (Å²) < 4.78 is 0. The first-order valence-corrected chi connectivity index (χ1v) is 7.37. The molecule has 1 atom stereocenters. The van der Waals surface area contributed by atoms with Gasteiger partial charge in [0.2, 0.25) is 5.91 Å². The number of nitrogens with one attached hydrogen (secondary N) is 1. The minimum atomic E-state index is 0.101. The number of hydrogen-bond donors (Lipinski definition) is 2. The Labute approximate surface area is 128 Å². The van der Waals surface area contributed by atoms with E-state index in [1.54, 1.807) is 0 Å². The number of amides is 1. The number of carbonyl (C=O) groups is 1. The van der Waals surface area contributed by atoms with E-state index in [0.717, 1.165) is 11.1 Å². The Morgan fingerprint density at radius 2 is 1.90 bits per heavy atom. The van der Waals surface area contributed by atoms with Crippen LogP contribution in [0.25, 0.3) is 0 Å². The molecule has 0 aliphatic heterocycles. The lowest BCUT2D eigenvalue weighted by molar-refractivity contribution is -0.122. The first kappa shape index (κ1) is 17.3. The lowest BCUT2D eigenvalue weighted by atomic mass is 9.80. The van der Waals surface area contributed by atoms with Gasteiger partial charge in [-0.15, -0.1) is 0 Å². The highest BCUT2D eigenvalue weighted by molar-refractivity contribution is 5.76. The van der Waals surface area contributed by atoms with Crippen LogP contribution >= 0.6 is 0 Å². The summed E-state index contributed by atoms with van der Waals surface area (Å²) >= 11 is 0. The van der Waals surface area contributed by atoms with Crippen LogP contribution < -0.4 is 11.1 Å². The van der Waals surface area contributed by atoms with Crippen LogP contribution in [0.3, 0.4) is 0 Å². The predicted molar refractivity (Wildman–Crippen MR) is 87.5 cm³/mol. The monoisotopic (exact) mass is 286 g/mol. The molecule has 0 aromatic heterocycles. The van der Waals surface area contributed by atoms with Crippen molar-refractivity contribution in [3.05, 3.63) is 35.4 Å². The quantitative estimate of drug-likeness (QED) is 0.836. The number of carbonyl (C=O) groups excluding carboxylic acids is 1. The summed E-state index contributed by atoms with van der Waals surface area (Å²) in [7, 11) is 0. The van der Waals surface area contributed by atoms with Crippen molar-refractivity contribution >= 4 is 5.91 Å². The highest BCUT2D eigenvalue weighted by Crippen LogP contribution is 2.27. The third-order valence-corrected chi connectivity index (χ3v) is 3.75. The molecule has 3 N–H and O–H groups in total. The smallest absolute Gasteiger partial charge is 0.220 e. The molecular formula is C18H26N2O. The Balaban J connectivity index is 2.46. The minimum Gasteiger partial charge on any atom is -0.352 e. The molecule has 0 heterocycles. The molecule has 0 aliphatic carbocycles. The van der Waals surface area contributed by atoms with Gasteiger partial charge < -0.3 is 11.1 Å². The summed E-state index contributed by atoms with van der Waals surface area (Å²) in [6.07, 6.45) is 0.559. The Morgan fingerprint density at radius 3 is 2.43 bits per heavy atom. The third-order valence-electron chi connectivity index (χ3n) is 3.75. The fraction of sp³-hybridized carbons (Fsp3) is 0.500. The summed E-state index contributed by atoms with van der Waals surface area (Å²) in [5.41, 5.74) is 7.51. The van der Waals surface area contributed by atoms with Crippen molar-refractivity contribution in [2.45, 2.75) is 40.7 Å². The maximum absolute atomic E-state index is 11.9. The fourth-order valence-electron chi connectivity index (χ4n) is 1.72. The van der Waals surface area contributed by atoms with Crippen LogP contribution in [0, 0.1) is 23.2 Å². The van der Waals surface area contributed by atoms with Crippen LogP contribution in [0.5, 0.6) is 0 Å². The zero-order valence-electron chi connectivity index (χ0n) is 13.5. The van der Waals surface area contributed by atoms with E-state index in [0.29, 0.717) is 25.4 Å². The Kier molecular flexibility index (Phi) is 6.45. The van der Waals surface area contributed by atoms with E-state index in [9.17, 15) is 4.79 Å². The number of hydrogen-bond acceptors (Lipinski definition) is 2. The average molecular weight is 286 g/mol. The van der Waals surface area contributed by atoms with Crippen molar-refractivity contribution in [3.63, 3.8) is 0 Å². The second-order valence-corrected chi connectivity index (χ2v) is 6.45. The molecule has 1 aromatic carbocycles. The zero-order valence-corrected chi connectivity index (χ0v) is 13.5. The van der Waals surface area contributed by atoms with Crippen LogP contribution in [0.15, 0.2) is 24.3 Å². The first-order chi connectivity index (χ1) is 9.82. The van der Waals surface area contributed by atoms with Gasteiger partial charge in [0, 0.05) is 18.5 Å². The molecule has 0 bridgehead atoms. The maximum Gasteiger partial charge on any atom is 0.220 e. The lowest BCUT2D eigenvalue weighted by Gasteiger charge is -2.26. The van der Waals surface area contributed by atoms with Gasteiger partial charge in [-0.05, 0) is 29.0 Å². The van der Waals surface area contributed by atoms with E-state index < -0.39 is 0 Å². The van der Waals surface area contributed by atoms with Gasteiger partial charge in [0.1, 0.15) is 0 Å². The third kappa shape index (κ3) is 6.46. The van der Waals surface area contributed by atoms with Crippen LogP contribution in [0.2, 0.25) is 0 Å². The molecule has 1 amide bonds. The van der Waals surface area contributed by atoms with Crippen molar-refractivity contribution in [3.8, 4) is 11.8 Å². The molecule has 114 valence electrons. The molecule has 21 heavy (non-hydrogen) atoms. The van der Waals surface area contributed by atoms with Gasteiger partial charge in [-0.1, -0.05) is 51.7 Å². The first-order valence-electron chi connectivity index (χ1n) is 7.37. The van der Waals surface area contributed by atoms with Gasteiger partial charge in [0.25, 0.3) is 0 Å². The Bertz CT molecular complexity index is 515. The maximum atomic E-state index is 11.9. The average Bonchev–Trinajstić information content (AvgIpc) is 2.43. The van der Waals surface area contributed by atoms with Crippen LogP contribution in [0.1, 0.15) is 45.2 Å². The number of rotatable bonds is 4. The molecule has 1 rings (SSSR count). The van der Waals surface area contributed by atoms with E-state index in [2.05, 4.69) is 44.9 Å². The molecule has 0 aliphatic rings. The minimum absolute atomic E-state index is 0.101. The second kappa shape index (κ2) is 7.85. The van der Waals surface area contributed by atoms with E-state index in [-0.39, 0.29) is 11.3 Å². The highest BCUT2D eigenvalue weighted by Gasteiger charge is 2.22. The van der Waals surface area contributed by atoms with Gasteiger partial charge in [0.15, 0.2) is 0 Å². The van der Waals surface area contributed by atoms with Crippen molar-refractivity contribution < 1.29 is 4.79 Å². The zero-order chi connectivity index (χ0) is 15.9. The molecule has 0 saturated heterocycles. The van der Waals surface area contributed by atoms with E-state index in [1.807, 2.05) is 24.3 Å². The van der Waals surface area contributed by atoms with Gasteiger partial charge in [0.05, 0.1) is 6.54 Å². The summed E-state index contributed by atoms with van der Waals surface area (Å²) in [5.74, 6) is 6.25. The fourth-order valence-corrected chi connectivity index (χ4v) is 1.72. The van der Waals surface area contributed by atoms with Crippen LogP contribution in [-0.4, -0.2) is 12.5 Å². The van der Waals surface area contributed by atoms with Crippen molar-refractivity contribution in [2.75, 3.05) is 6.54 Å². The van der Waals surface area contributed by atoms with Crippen LogP contribution in [0.4, 0.5) is 0 Å². The van der Waals surface area contributed by atoms with Gasteiger partial charge in [-0.3, -0.25) is 4.79 Å². The second-order valence-electron chi connectivity index (χ2n) is 6.45. The SMILES string of the molecule is CC(CC(=O)NCc1ccc(C#CCN)cc1)C(C)(C)C. The van der Waals surface area contributed by atoms with Gasteiger partial charge >= 0.3 is 0 Å². The standard InChI is InChI=1S/C18H26N2O/c1-14(18(2,3)4)12-17(21)20-13-16-9-7-15(8-10-16)6-5-11-19/h7-10,14H,11-13,19H2,1-4H3,(H,20,21). The number of benzene rings is 1. The molecule has 1 aromatic rings. The molecular weight excluding hydrogens is 260 g/mol. The topological polar surface area (TPSA) is 55.1 Å². The summed E-state index contributed by atoms with van der Waals surface area (Å²) in [6, 6.07) is 7.85. The normalized spacial score (nSPS) is 12.2. The summed E-state index contributed by atoms with van der Waals surface area (Å²) in [6.45, 7) is 9.51. The number of nitrogens with two attached hydrogens (primary N) is 1. The van der Waals surface area contributed by atoms with Crippen molar-refractivity contribution in [1.29, 1.82) is 0 Å². The lowest BCUT2D eigenvalue weighted by Crippen LogP contribution is -2.28. The largest absolute Gasteiger partial charge is 0.352 e. The summed E-state index contributed by atoms with van der Waals surface area (Å²) in [4.78, 5) is 11.9. The molecule has 1 unspecified atom stereocenters. The Morgan fingerprint density at radius 1 is 1.29 bits per heavy atom. The molecule has 0 radical (unpaired) electrons. The van der Waals surface area contributed by atoms with Gasteiger partial charge in [-0.25, -0.2) is 0 Å². The van der Waals surface area contributed by atoms with Crippen molar-refractivity contribution in [2.24, 2.45) is 17.1 Å². The summed E-state index contributed by atoms with van der Waals surface area (Å²) in [5, 5.41) is 2.97. The molecule has 3 heteroatoms. The molecule has 0 fully saturated rings. The molecule has 0 saturated carbocycles. The Hall–Kier alpha value is -1.79. The molecule has 0 spiro atoms. The van der Waals surface area contributed by atoms with Crippen LogP contribution in [-0.2, 0) is 11.3 Å². The van der Waals surface area contributed by atoms with Gasteiger partial charge in [-0.2, -0.15) is 0 Å².